The lowest BCUT2D eigenvalue weighted by Gasteiger charge is -2.34. The molecule has 1 aliphatic carbocycles. The molecule has 1 aromatic carbocycles. The first-order valence-electron chi connectivity index (χ1n) is 6.93. The van der Waals surface area contributed by atoms with E-state index in [1.165, 1.54) is 0 Å². The summed E-state index contributed by atoms with van der Waals surface area (Å²) in [5.41, 5.74) is 0. The Kier molecular flexibility index (Phi) is 4.37. The zero-order chi connectivity index (χ0) is 14.9. The standard InChI is InChI=1S/C15H17IO5/c1-18-13-4-2-3-10(16)14(13)21-12-5-6-15(9-11(12)17)19-7-8-20-15/h2-4,12H,5-9H2,1H3. The molecule has 0 bridgehead atoms. The van der Waals surface area contributed by atoms with E-state index in [1.807, 2.05) is 18.2 Å². The van der Waals surface area contributed by atoms with Crippen molar-refractivity contribution in [3.63, 3.8) is 0 Å². The Balaban J connectivity index is 1.73. The van der Waals surface area contributed by atoms with E-state index in [9.17, 15) is 4.79 Å². The summed E-state index contributed by atoms with van der Waals surface area (Å²) >= 11 is 2.18. The number of ketones is 1. The van der Waals surface area contributed by atoms with Crippen molar-refractivity contribution >= 4 is 28.4 Å². The lowest BCUT2D eigenvalue weighted by Crippen LogP contribution is -2.45. The predicted octanol–water partition coefficient (Wildman–Crippen LogP) is 2.54. The highest BCUT2D eigenvalue weighted by Crippen LogP contribution is 2.38. The van der Waals surface area contributed by atoms with Crippen molar-refractivity contribution in [3.8, 4) is 11.5 Å². The van der Waals surface area contributed by atoms with E-state index < -0.39 is 11.9 Å². The van der Waals surface area contributed by atoms with Crippen LogP contribution in [0.3, 0.4) is 0 Å². The molecule has 5 nitrogen and oxygen atoms in total. The van der Waals surface area contributed by atoms with Crippen LogP contribution in [-0.4, -0.2) is 38.0 Å². The fourth-order valence-corrected chi connectivity index (χ4v) is 3.35. The first kappa shape index (κ1) is 15.1. The summed E-state index contributed by atoms with van der Waals surface area (Å²) in [5.74, 6) is 0.585. The predicted molar refractivity (Wildman–Crippen MR) is 83.6 cm³/mol. The first-order valence-corrected chi connectivity index (χ1v) is 8.01. The molecule has 1 saturated heterocycles. The van der Waals surface area contributed by atoms with Crippen LogP contribution in [0.4, 0.5) is 0 Å². The van der Waals surface area contributed by atoms with Gasteiger partial charge in [0, 0.05) is 6.42 Å². The summed E-state index contributed by atoms with van der Waals surface area (Å²) in [4.78, 5) is 12.3. The number of Topliss-reactive ketones (excluding diaryl/α,β-unsaturated/α-hetero) is 1. The summed E-state index contributed by atoms with van der Waals surface area (Å²) < 4.78 is 23.3. The average molecular weight is 404 g/mol. The van der Waals surface area contributed by atoms with Gasteiger partial charge in [-0.25, -0.2) is 0 Å². The summed E-state index contributed by atoms with van der Waals surface area (Å²) in [6, 6.07) is 5.65. The Morgan fingerprint density at radius 3 is 2.76 bits per heavy atom. The van der Waals surface area contributed by atoms with Gasteiger partial charge < -0.3 is 18.9 Å². The number of benzene rings is 1. The number of hydrogen-bond acceptors (Lipinski definition) is 5. The van der Waals surface area contributed by atoms with Crippen molar-refractivity contribution in [2.24, 2.45) is 0 Å². The van der Waals surface area contributed by atoms with Gasteiger partial charge in [0.05, 0.1) is 30.3 Å². The summed E-state index contributed by atoms with van der Waals surface area (Å²) in [5, 5.41) is 0. The maximum atomic E-state index is 12.3. The molecule has 1 atom stereocenters. The van der Waals surface area contributed by atoms with Crippen LogP contribution in [0, 0.1) is 3.57 Å². The lowest BCUT2D eigenvalue weighted by molar-refractivity contribution is -0.188. The maximum Gasteiger partial charge on any atom is 0.178 e. The highest BCUT2D eigenvalue weighted by atomic mass is 127. The first-order chi connectivity index (χ1) is 10.1. The van der Waals surface area contributed by atoms with Gasteiger partial charge in [-0.1, -0.05) is 6.07 Å². The topological polar surface area (TPSA) is 54.0 Å². The van der Waals surface area contributed by atoms with Crippen molar-refractivity contribution < 1.29 is 23.7 Å². The van der Waals surface area contributed by atoms with E-state index >= 15 is 0 Å². The molecule has 0 N–H and O–H groups in total. The monoisotopic (exact) mass is 404 g/mol. The van der Waals surface area contributed by atoms with E-state index in [0.29, 0.717) is 37.6 Å². The summed E-state index contributed by atoms with van der Waals surface area (Å²) in [7, 11) is 1.59. The molecule has 1 aliphatic heterocycles. The minimum Gasteiger partial charge on any atom is -0.493 e. The zero-order valence-electron chi connectivity index (χ0n) is 11.8. The number of para-hydroxylation sites is 1. The average Bonchev–Trinajstić information content (AvgIpc) is 2.92. The number of carbonyl (C=O) groups excluding carboxylic acids is 1. The van der Waals surface area contributed by atoms with E-state index in [4.69, 9.17) is 18.9 Å². The van der Waals surface area contributed by atoms with Crippen molar-refractivity contribution in [2.45, 2.75) is 31.2 Å². The fourth-order valence-electron chi connectivity index (χ4n) is 2.75. The molecule has 114 valence electrons. The Hall–Kier alpha value is -0.860. The molecule has 0 amide bonds. The van der Waals surface area contributed by atoms with Gasteiger partial charge in [-0.15, -0.1) is 0 Å². The smallest absolute Gasteiger partial charge is 0.178 e. The van der Waals surface area contributed by atoms with Crippen LogP contribution in [0.15, 0.2) is 18.2 Å². The third kappa shape index (κ3) is 3.02. The normalized spacial score (nSPS) is 24.3. The van der Waals surface area contributed by atoms with Crippen LogP contribution < -0.4 is 9.47 Å². The van der Waals surface area contributed by atoms with Crippen LogP contribution in [0.2, 0.25) is 0 Å². The Labute approximate surface area is 137 Å². The molecule has 0 radical (unpaired) electrons. The molecule has 2 fully saturated rings. The fraction of sp³-hybridized carbons (Fsp3) is 0.533. The van der Waals surface area contributed by atoms with Gasteiger partial charge in [0.2, 0.25) is 0 Å². The second-order valence-corrected chi connectivity index (χ2v) is 6.33. The number of rotatable bonds is 3. The van der Waals surface area contributed by atoms with Gasteiger partial charge in [-0.05, 0) is 41.1 Å². The van der Waals surface area contributed by atoms with Gasteiger partial charge in [0.15, 0.2) is 29.2 Å². The van der Waals surface area contributed by atoms with Gasteiger partial charge >= 0.3 is 0 Å². The van der Waals surface area contributed by atoms with Crippen LogP contribution in [0.1, 0.15) is 19.3 Å². The molecule has 0 aromatic heterocycles. The summed E-state index contributed by atoms with van der Waals surface area (Å²) in [6.07, 6.45) is 1.05. The third-order valence-corrected chi connectivity index (χ3v) is 4.66. The van der Waals surface area contributed by atoms with Crippen LogP contribution in [0.5, 0.6) is 11.5 Å². The Morgan fingerprint density at radius 2 is 2.10 bits per heavy atom. The van der Waals surface area contributed by atoms with Crippen LogP contribution >= 0.6 is 22.6 Å². The second-order valence-electron chi connectivity index (χ2n) is 5.17. The Bertz CT molecular complexity index is 539. The van der Waals surface area contributed by atoms with Crippen molar-refractivity contribution in [1.82, 2.24) is 0 Å². The van der Waals surface area contributed by atoms with Crippen LogP contribution in [0.25, 0.3) is 0 Å². The summed E-state index contributed by atoms with van der Waals surface area (Å²) in [6.45, 7) is 1.12. The molecule has 1 spiro atoms. The van der Waals surface area contributed by atoms with E-state index in [0.717, 1.165) is 3.57 Å². The highest BCUT2D eigenvalue weighted by molar-refractivity contribution is 14.1. The molecular weight excluding hydrogens is 387 g/mol. The molecule has 21 heavy (non-hydrogen) atoms. The number of carbonyl (C=O) groups is 1. The van der Waals surface area contributed by atoms with E-state index in [2.05, 4.69) is 22.6 Å². The maximum absolute atomic E-state index is 12.3. The third-order valence-electron chi connectivity index (χ3n) is 3.81. The quantitative estimate of drug-likeness (QED) is 0.725. The van der Waals surface area contributed by atoms with Crippen molar-refractivity contribution in [3.05, 3.63) is 21.8 Å². The SMILES string of the molecule is COc1cccc(I)c1OC1CCC2(CC1=O)OCCO2. The largest absolute Gasteiger partial charge is 0.493 e. The van der Waals surface area contributed by atoms with Gasteiger partial charge in [0.25, 0.3) is 0 Å². The van der Waals surface area contributed by atoms with Crippen molar-refractivity contribution in [2.75, 3.05) is 20.3 Å². The molecule has 3 rings (SSSR count). The molecule has 6 heteroatoms. The molecule has 1 saturated carbocycles. The zero-order valence-corrected chi connectivity index (χ0v) is 13.9. The van der Waals surface area contributed by atoms with Gasteiger partial charge in [0.1, 0.15) is 0 Å². The van der Waals surface area contributed by atoms with Gasteiger partial charge in [-0.2, -0.15) is 0 Å². The number of halogens is 1. The Morgan fingerprint density at radius 1 is 1.33 bits per heavy atom. The van der Waals surface area contributed by atoms with Crippen molar-refractivity contribution in [1.29, 1.82) is 0 Å². The number of hydrogen-bond donors (Lipinski definition) is 0. The minimum atomic E-state index is -0.703. The molecule has 1 unspecified atom stereocenters. The lowest BCUT2D eigenvalue weighted by atomic mass is 9.90. The minimum absolute atomic E-state index is 0.0184. The molecule has 2 aliphatic rings. The molecular formula is C15H17IO5. The van der Waals surface area contributed by atoms with E-state index in [1.54, 1.807) is 7.11 Å². The highest BCUT2D eigenvalue weighted by Gasteiger charge is 2.45. The van der Waals surface area contributed by atoms with Crippen LogP contribution in [-0.2, 0) is 14.3 Å². The number of methoxy groups -OCH3 is 1. The second kappa shape index (κ2) is 6.10. The molecule has 1 aromatic rings. The molecule has 1 heterocycles. The van der Waals surface area contributed by atoms with E-state index in [-0.39, 0.29) is 12.2 Å². The number of ether oxygens (including phenoxy) is 4. The van der Waals surface area contributed by atoms with Gasteiger partial charge in [-0.3, -0.25) is 4.79 Å².